The Morgan fingerprint density at radius 3 is 2.68 bits per heavy atom. The molecule has 0 aliphatic carbocycles. The van der Waals surface area contributed by atoms with Gasteiger partial charge in [-0.15, -0.1) is 0 Å². The fraction of sp³-hybridized carbons (Fsp3) is 0.0833. The molecule has 1 amide bonds. The lowest BCUT2D eigenvalue weighted by molar-refractivity contribution is -0.110. The van der Waals surface area contributed by atoms with Gasteiger partial charge in [-0.2, -0.15) is 0 Å². The normalized spacial score (nSPS) is 10.8. The van der Waals surface area contributed by atoms with Gasteiger partial charge in [0.1, 0.15) is 11.9 Å². The largest absolute Gasteiger partial charge is 0.411 e. The number of aryl methyl sites for hydroxylation is 1. The van der Waals surface area contributed by atoms with Gasteiger partial charge in [0.15, 0.2) is 0 Å². The number of benzene rings is 1. The molecule has 0 spiro atoms. The Kier molecular flexibility index (Phi) is 3.46. The van der Waals surface area contributed by atoms with Crippen molar-refractivity contribution in [1.29, 1.82) is 0 Å². The standard InChI is InChI=1S/C12H12N4O3/c1-15-8-10(14-11(17)7-13-19)12(18)16(15)9-5-3-2-4-6-9/h2-8,19H,1H3,(H,14,17)/b13-7+. The molecular weight excluding hydrogens is 248 g/mol. The van der Waals surface area contributed by atoms with Gasteiger partial charge in [0, 0.05) is 7.05 Å². The molecule has 0 aliphatic heterocycles. The van der Waals surface area contributed by atoms with Crippen molar-refractivity contribution in [3.63, 3.8) is 0 Å². The van der Waals surface area contributed by atoms with Crippen LogP contribution in [0.5, 0.6) is 0 Å². The molecule has 7 heteroatoms. The SMILES string of the molecule is Cn1cc(NC(=O)/C=N/O)c(=O)n1-c1ccccc1. The van der Waals surface area contributed by atoms with Gasteiger partial charge >= 0.3 is 0 Å². The molecule has 98 valence electrons. The molecule has 1 aromatic heterocycles. The molecule has 2 rings (SSSR count). The van der Waals surface area contributed by atoms with Crippen LogP contribution in [0.3, 0.4) is 0 Å². The van der Waals surface area contributed by atoms with Crippen molar-refractivity contribution in [2.45, 2.75) is 0 Å². The van der Waals surface area contributed by atoms with Gasteiger partial charge in [0.25, 0.3) is 11.5 Å². The smallest absolute Gasteiger partial charge is 0.295 e. The van der Waals surface area contributed by atoms with E-state index in [2.05, 4.69) is 10.5 Å². The van der Waals surface area contributed by atoms with Crippen molar-refractivity contribution in [1.82, 2.24) is 9.36 Å². The number of nitrogens with one attached hydrogen (secondary N) is 1. The highest BCUT2D eigenvalue weighted by molar-refractivity contribution is 6.31. The second-order valence-corrected chi connectivity index (χ2v) is 3.80. The number of amides is 1. The average Bonchev–Trinajstić information content (AvgIpc) is 2.66. The van der Waals surface area contributed by atoms with Crippen LogP contribution in [0.2, 0.25) is 0 Å². The van der Waals surface area contributed by atoms with Crippen LogP contribution >= 0.6 is 0 Å². The Morgan fingerprint density at radius 1 is 1.37 bits per heavy atom. The predicted octanol–water partition coefficient (Wildman–Crippen LogP) is 0.574. The summed E-state index contributed by atoms with van der Waals surface area (Å²) in [6.45, 7) is 0. The number of anilines is 1. The van der Waals surface area contributed by atoms with Crippen LogP contribution in [0.15, 0.2) is 46.5 Å². The minimum absolute atomic E-state index is 0.108. The zero-order chi connectivity index (χ0) is 13.8. The number of carbonyl (C=O) groups excluding carboxylic acids is 1. The third-order valence-corrected chi connectivity index (χ3v) is 2.49. The third-order valence-electron chi connectivity index (χ3n) is 2.49. The maximum atomic E-state index is 12.2. The summed E-state index contributed by atoms with van der Waals surface area (Å²) in [5, 5.41) is 13.2. The number of carbonyl (C=O) groups is 1. The van der Waals surface area contributed by atoms with E-state index < -0.39 is 5.91 Å². The zero-order valence-electron chi connectivity index (χ0n) is 10.1. The van der Waals surface area contributed by atoms with Crippen molar-refractivity contribution in [2.24, 2.45) is 12.2 Å². The van der Waals surface area contributed by atoms with Crippen LogP contribution in [0.4, 0.5) is 5.69 Å². The summed E-state index contributed by atoms with van der Waals surface area (Å²) in [4.78, 5) is 23.4. The number of oxime groups is 1. The molecule has 0 aliphatic rings. The first-order valence-electron chi connectivity index (χ1n) is 5.46. The highest BCUT2D eigenvalue weighted by Gasteiger charge is 2.12. The van der Waals surface area contributed by atoms with Gasteiger partial charge in [-0.1, -0.05) is 23.4 Å². The molecule has 0 saturated carbocycles. The third kappa shape index (κ3) is 2.54. The van der Waals surface area contributed by atoms with Crippen molar-refractivity contribution >= 4 is 17.8 Å². The second kappa shape index (κ2) is 5.21. The molecule has 19 heavy (non-hydrogen) atoms. The maximum Gasteiger partial charge on any atom is 0.295 e. The lowest BCUT2D eigenvalue weighted by atomic mass is 10.3. The number of nitrogens with zero attached hydrogens (tertiary/aromatic N) is 3. The van der Waals surface area contributed by atoms with E-state index in [4.69, 9.17) is 5.21 Å². The molecule has 0 unspecified atom stereocenters. The summed E-state index contributed by atoms with van der Waals surface area (Å²) < 4.78 is 2.97. The predicted molar refractivity (Wildman–Crippen MR) is 69.9 cm³/mol. The molecule has 0 saturated heterocycles. The molecule has 1 heterocycles. The Balaban J connectivity index is 2.41. The molecule has 0 bridgehead atoms. The van der Waals surface area contributed by atoms with E-state index in [-0.39, 0.29) is 11.2 Å². The molecule has 0 atom stereocenters. The van der Waals surface area contributed by atoms with Crippen LogP contribution < -0.4 is 10.9 Å². The fourth-order valence-electron chi connectivity index (χ4n) is 1.73. The lowest BCUT2D eigenvalue weighted by Gasteiger charge is -2.05. The number of aromatic nitrogens is 2. The Morgan fingerprint density at radius 2 is 2.05 bits per heavy atom. The summed E-state index contributed by atoms with van der Waals surface area (Å²) in [7, 11) is 1.68. The van der Waals surface area contributed by atoms with Gasteiger partial charge in [0.05, 0.1) is 11.9 Å². The van der Waals surface area contributed by atoms with Gasteiger partial charge < -0.3 is 10.5 Å². The molecule has 1 aromatic carbocycles. The summed E-state index contributed by atoms with van der Waals surface area (Å²) in [5.41, 5.74) is 0.427. The number of para-hydroxylation sites is 1. The zero-order valence-corrected chi connectivity index (χ0v) is 10.1. The van der Waals surface area contributed by atoms with Gasteiger partial charge in [-0.3, -0.25) is 14.3 Å². The van der Waals surface area contributed by atoms with Gasteiger partial charge in [0.2, 0.25) is 0 Å². The molecule has 0 fully saturated rings. The van der Waals surface area contributed by atoms with Crippen LogP contribution in [-0.4, -0.2) is 26.7 Å². The summed E-state index contributed by atoms with van der Waals surface area (Å²) in [5.74, 6) is -0.676. The van der Waals surface area contributed by atoms with Crippen molar-refractivity contribution in [3.05, 3.63) is 46.9 Å². The van der Waals surface area contributed by atoms with Crippen LogP contribution in [0.1, 0.15) is 0 Å². The minimum atomic E-state index is -0.676. The quantitative estimate of drug-likeness (QED) is 0.480. The van der Waals surface area contributed by atoms with Crippen molar-refractivity contribution < 1.29 is 10.0 Å². The van der Waals surface area contributed by atoms with E-state index in [0.29, 0.717) is 11.9 Å². The molecule has 2 aromatic rings. The van der Waals surface area contributed by atoms with Crippen LogP contribution in [0.25, 0.3) is 5.69 Å². The van der Waals surface area contributed by atoms with E-state index in [1.807, 2.05) is 18.2 Å². The fourth-order valence-corrected chi connectivity index (χ4v) is 1.73. The number of hydrogen-bond acceptors (Lipinski definition) is 4. The molecule has 0 radical (unpaired) electrons. The lowest BCUT2D eigenvalue weighted by Crippen LogP contribution is -2.23. The van der Waals surface area contributed by atoms with Gasteiger partial charge in [-0.25, -0.2) is 4.68 Å². The molecule has 2 N–H and O–H groups in total. The molecular formula is C12H12N4O3. The van der Waals surface area contributed by atoms with Crippen molar-refractivity contribution in [2.75, 3.05) is 5.32 Å². The second-order valence-electron chi connectivity index (χ2n) is 3.80. The van der Waals surface area contributed by atoms with Gasteiger partial charge in [-0.05, 0) is 12.1 Å². The average molecular weight is 260 g/mol. The minimum Gasteiger partial charge on any atom is -0.411 e. The maximum absolute atomic E-state index is 12.2. The van der Waals surface area contributed by atoms with E-state index in [9.17, 15) is 9.59 Å². The number of rotatable bonds is 3. The number of hydrogen-bond donors (Lipinski definition) is 2. The first-order valence-corrected chi connectivity index (χ1v) is 5.46. The highest BCUT2D eigenvalue weighted by atomic mass is 16.4. The monoisotopic (exact) mass is 260 g/mol. The summed E-state index contributed by atoms with van der Waals surface area (Å²) >= 11 is 0. The first-order chi connectivity index (χ1) is 9.13. The van der Waals surface area contributed by atoms with Crippen molar-refractivity contribution in [3.8, 4) is 5.69 Å². The van der Waals surface area contributed by atoms with E-state index in [0.717, 1.165) is 0 Å². The van der Waals surface area contributed by atoms with E-state index in [1.54, 1.807) is 23.9 Å². The summed E-state index contributed by atoms with van der Waals surface area (Å²) in [6, 6.07) is 9.03. The topological polar surface area (TPSA) is 88.6 Å². The van der Waals surface area contributed by atoms with E-state index in [1.165, 1.54) is 10.9 Å². The Hall–Kier alpha value is -2.83. The first kappa shape index (κ1) is 12.6. The Bertz CT molecular complexity index is 670. The van der Waals surface area contributed by atoms with E-state index >= 15 is 0 Å². The van der Waals surface area contributed by atoms with Crippen LogP contribution in [-0.2, 0) is 11.8 Å². The Labute approximate surface area is 108 Å². The summed E-state index contributed by atoms with van der Waals surface area (Å²) in [6.07, 6.45) is 2.16. The van der Waals surface area contributed by atoms with Crippen LogP contribution in [0, 0.1) is 0 Å². The molecule has 7 nitrogen and oxygen atoms in total. The highest BCUT2D eigenvalue weighted by Crippen LogP contribution is 2.07.